The molecule has 0 saturated carbocycles. The highest BCUT2D eigenvalue weighted by Gasteiger charge is 2.19. The molecule has 31 heavy (non-hydrogen) atoms. The van der Waals surface area contributed by atoms with Gasteiger partial charge in [0, 0.05) is 32.2 Å². The summed E-state index contributed by atoms with van der Waals surface area (Å²) in [5.74, 6) is -0.215. The number of nitrogens with one attached hydrogen (secondary N) is 2. The Kier molecular flexibility index (Phi) is 8.91. The molecule has 0 saturated heterocycles. The number of anilines is 1. The Labute approximate surface area is 181 Å². The van der Waals surface area contributed by atoms with E-state index < -0.39 is 20.6 Å². The van der Waals surface area contributed by atoms with E-state index in [1.54, 1.807) is 0 Å². The van der Waals surface area contributed by atoms with Gasteiger partial charge in [-0.15, -0.1) is 0 Å². The smallest absolute Gasteiger partial charge is 0.293 e. The van der Waals surface area contributed by atoms with Crippen LogP contribution in [0.5, 0.6) is 0 Å². The highest BCUT2D eigenvalue weighted by molar-refractivity contribution is 7.89. The third-order valence-electron chi connectivity index (χ3n) is 4.44. The summed E-state index contributed by atoms with van der Waals surface area (Å²) in [5.41, 5.74) is 0.758. The molecule has 4 N–H and O–H groups in total. The number of nitro groups is 1. The number of primary sulfonamides is 1. The summed E-state index contributed by atoms with van der Waals surface area (Å²) >= 11 is 0. The lowest BCUT2D eigenvalue weighted by atomic mass is 10.1. The third kappa shape index (κ3) is 7.96. The molecule has 2 aromatic rings. The van der Waals surface area contributed by atoms with E-state index in [0.29, 0.717) is 19.6 Å². The van der Waals surface area contributed by atoms with Crippen molar-refractivity contribution in [2.45, 2.75) is 30.8 Å². The standard InChI is InChI=1S/C20H26N4O6S/c1-15(16-6-3-2-4-7-16)30-13-5-11-23-20(25)10-12-22-18-9-8-17(31(21,28)29)14-19(18)24(26)27/h2-4,6-9,14-15,22H,5,10-13H2,1H3,(H,23,25)(H2,21,28,29). The first-order valence-electron chi connectivity index (χ1n) is 9.67. The largest absolute Gasteiger partial charge is 0.379 e. The van der Waals surface area contributed by atoms with Gasteiger partial charge in [0.25, 0.3) is 5.69 Å². The van der Waals surface area contributed by atoms with E-state index in [2.05, 4.69) is 10.6 Å². The van der Waals surface area contributed by atoms with E-state index in [0.717, 1.165) is 11.6 Å². The number of carbonyl (C=O) groups excluding carboxylic acids is 1. The van der Waals surface area contributed by atoms with Gasteiger partial charge in [-0.2, -0.15) is 0 Å². The van der Waals surface area contributed by atoms with Crippen LogP contribution in [0.25, 0.3) is 0 Å². The van der Waals surface area contributed by atoms with Gasteiger partial charge in [0.2, 0.25) is 15.9 Å². The number of sulfonamides is 1. The second-order valence-corrected chi connectivity index (χ2v) is 8.35. The number of carbonyl (C=O) groups is 1. The maximum Gasteiger partial charge on any atom is 0.293 e. The van der Waals surface area contributed by atoms with Crippen molar-refractivity contribution in [3.8, 4) is 0 Å². The van der Waals surface area contributed by atoms with E-state index >= 15 is 0 Å². The molecule has 0 aliphatic carbocycles. The van der Waals surface area contributed by atoms with Gasteiger partial charge in [0.05, 0.1) is 15.9 Å². The van der Waals surface area contributed by atoms with Crippen LogP contribution in [0.3, 0.4) is 0 Å². The van der Waals surface area contributed by atoms with E-state index in [9.17, 15) is 23.3 Å². The van der Waals surface area contributed by atoms with Crippen molar-refractivity contribution < 1.29 is 22.9 Å². The van der Waals surface area contributed by atoms with Crippen LogP contribution in [0.1, 0.15) is 31.4 Å². The zero-order valence-corrected chi connectivity index (χ0v) is 17.9. The van der Waals surface area contributed by atoms with Crippen LogP contribution in [0.4, 0.5) is 11.4 Å². The molecule has 1 amide bonds. The third-order valence-corrected chi connectivity index (χ3v) is 5.35. The van der Waals surface area contributed by atoms with Crippen molar-refractivity contribution in [3.63, 3.8) is 0 Å². The van der Waals surface area contributed by atoms with E-state index in [-0.39, 0.29) is 35.6 Å². The lowest BCUT2D eigenvalue weighted by Gasteiger charge is -2.13. The molecule has 0 radical (unpaired) electrons. The van der Waals surface area contributed by atoms with Crippen molar-refractivity contribution in [3.05, 3.63) is 64.2 Å². The van der Waals surface area contributed by atoms with Gasteiger partial charge in [-0.05, 0) is 31.0 Å². The summed E-state index contributed by atoms with van der Waals surface area (Å²) in [6.45, 7) is 3.05. The first-order valence-corrected chi connectivity index (χ1v) is 11.2. The topological polar surface area (TPSA) is 154 Å². The van der Waals surface area contributed by atoms with Gasteiger partial charge in [0.15, 0.2) is 0 Å². The molecule has 11 heteroatoms. The number of ether oxygens (including phenoxy) is 1. The Balaban J connectivity index is 1.70. The van der Waals surface area contributed by atoms with Crippen LogP contribution < -0.4 is 15.8 Å². The molecule has 0 fully saturated rings. The number of hydrogen-bond acceptors (Lipinski definition) is 7. The predicted octanol–water partition coefficient (Wildman–Crippen LogP) is 2.33. The minimum atomic E-state index is -4.05. The van der Waals surface area contributed by atoms with Crippen LogP contribution in [0, 0.1) is 10.1 Å². The van der Waals surface area contributed by atoms with Gasteiger partial charge in [-0.3, -0.25) is 14.9 Å². The zero-order chi connectivity index (χ0) is 22.9. The number of rotatable bonds is 12. The molecule has 2 aromatic carbocycles. The summed E-state index contributed by atoms with van der Waals surface area (Å²) in [4.78, 5) is 22.0. The summed E-state index contributed by atoms with van der Waals surface area (Å²) in [6.07, 6.45) is 0.712. The van der Waals surface area contributed by atoms with Gasteiger partial charge < -0.3 is 15.4 Å². The fourth-order valence-corrected chi connectivity index (χ4v) is 3.30. The second kappa shape index (κ2) is 11.4. The highest BCUT2D eigenvalue weighted by atomic mass is 32.2. The first kappa shape index (κ1) is 24.3. The number of hydrogen-bond donors (Lipinski definition) is 3. The van der Waals surface area contributed by atoms with E-state index in [4.69, 9.17) is 9.88 Å². The minimum absolute atomic E-state index is 0.0301. The molecular weight excluding hydrogens is 424 g/mol. The Morgan fingerprint density at radius 3 is 2.55 bits per heavy atom. The number of nitrogens with zero attached hydrogens (tertiary/aromatic N) is 1. The molecule has 0 aromatic heterocycles. The van der Waals surface area contributed by atoms with Crippen molar-refractivity contribution in [1.29, 1.82) is 0 Å². The normalized spacial score (nSPS) is 12.2. The van der Waals surface area contributed by atoms with Gasteiger partial charge >= 0.3 is 0 Å². The SMILES string of the molecule is CC(OCCCNC(=O)CCNc1ccc(S(N)(=O)=O)cc1[N+](=O)[O-])c1ccccc1. The number of nitrogens with two attached hydrogens (primary N) is 1. The molecule has 1 unspecified atom stereocenters. The summed E-state index contributed by atoms with van der Waals surface area (Å²) in [6, 6.07) is 13.1. The maximum absolute atomic E-state index is 11.9. The summed E-state index contributed by atoms with van der Waals surface area (Å²) < 4.78 is 28.4. The molecular formula is C20H26N4O6S. The molecule has 168 valence electrons. The Morgan fingerprint density at radius 2 is 1.90 bits per heavy atom. The maximum atomic E-state index is 11.9. The first-order chi connectivity index (χ1) is 14.7. The fourth-order valence-electron chi connectivity index (χ4n) is 2.77. The molecule has 1 atom stereocenters. The van der Waals surface area contributed by atoms with Gasteiger partial charge in [-0.25, -0.2) is 13.6 Å². The molecule has 0 heterocycles. The second-order valence-electron chi connectivity index (χ2n) is 6.79. The van der Waals surface area contributed by atoms with Crippen molar-refractivity contribution in [2.24, 2.45) is 5.14 Å². The minimum Gasteiger partial charge on any atom is -0.379 e. The van der Waals surface area contributed by atoms with Gasteiger partial charge in [0.1, 0.15) is 5.69 Å². The predicted molar refractivity (Wildman–Crippen MR) is 116 cm³/mol. The number of nitro benzene ring substituents is 1. The lowest BCUT2D eigenvalue weighted by molar-refractivity contribution is -0.384. The van der Waals surface area contributed by atoms with E-state index in [1.165, 1.54) is 12.1 Å². The Morgan fingerprint density at radius 1 is 1.19 bits per heavy atom. The van der Waals surface area contributed by atoms with Crippen LogP contribution in [-0.4, -0.2) is 38.9 Å². The molecule has 0 aliphatic rings. The van der Waals surface area contributed by atoms with E-state index in [1.807, 2.05) is 37.3 Å². The van der Waals surface area contributed by atoms with Crippen molar-refractivity contribution in [2.75, 3.05) is 25.0 Å². The molecule has 10 nitrogen and oxygen atoms in total. The van der Waals surface area contributed by atoms with Crippen LogP contribution in [-0.2, 0) is 19.6 Å². The van der Waals surface area contributed by atoms with Crippen LogP contribution in [0.2, 0.25) is 0 Å². The molecule has 0 aliphatic heterocycles. The molecule has 0 spiro atoms. The average molecular weight is 451 g/mol. The highest BCUT2D eigenvalue weighted by Crippen LogP contribution is 2.27. The molecule has 2 rings (SSSR count). The quantitative estimate of drug-likeness (QED) is 0.255. The summed E-state index contributed by atoms with van der Waals surface area (Å²) in [5, 5.41) is 21.7. The Hall–Kier alpha value is -3.02. The van der Waals surface area contributed by atoms with Gasteiger partial charge in [-0.1, -0.05) is 30.3 Å². The van der Waals surface area contributed by atoms with Crippen LogP contribution in [0.15, 0.2) is 53.4 Å². The lowest BCUT2D eigenvalue weighted by Crippen LogP contribution is -2.27. The Bertz CT molecular complexity index is 998. The number of benzene rings is 2. The van der Waals surface area contributed by atoms with Crippen molar-refractivity contribution in [1.82, 2.24) is 5.32 Å². The zero-order valence-electron chi connectivity index (χ0n) is 17.1. The van der Waals surface area contributed by atoms with Crippen molar-refractivity contribution >= 4 is 27.3 Å². The average Bonchev–Trinajstić information content (AvgIpc) is 2.73. The monoisotopic (exact) mass is 450 g/mol. The fraction of sp³-hybridized carbons (Fsp3) is 0.350. The summed E-state index contributed by atoms with van der Waals surface area (Å²) in [7, 11) is -4.05. The molecule has 0 bridgehead atoms. The number of amides is 1. The van der Waals surface area contributed by atoms with Crippen LogP contribution >= 0.6 is 0 Å².